The summed E-state index contributed by atoms with van der Waals surface area (Å²) in [4.78, 5) is 10.6. The molecule has 0 aromatic rings. The molecule has 0 aromatic heterocycles. The predicted molar refractivity (Wildman–Crippen MR) is 35.8 cm³/mol. The molecule has 1 aliphatic rings. The van der Waals surface area contributed by atoms with Crippen molar-refractivity contribution >= 4 is 5.97 Å². The quantitative estimate of drug-likeness (QED) is 0.673. The Morgan fingerprint density at radius 3 is 2.54 bits per heavy atom. The second-order valence-corrected chi connectivity index (χ2v) is 2.96. The summed E-state index contributed by atoms with van der Waals surface area (Å²) in [5.41, 5.74) is 0. The highest BCUT2D eigenvalue weighted by atomic mass is 19.4. The smallest absolute Gasteiger partial charge is 0.389 e. The number of carbonyl (C=O) groups excluding carboxylic acids is 1. The van der Waals surface area contributed by atoms with Crippen LogP contribution in [0.3, 0.4) is 0 Å². The molecule has 0 aliphatic carbocycles. The van der Waals surface area contributed by atoms with Gasteiger partial charge >= 0.3 is 12.1 Å². The van der Waals surface area contributed by atoms with Gasteiger partial charge in [-0.2, -0.15) is 13.2 Å². The molecular weight excluding hydrogens is 189 g/mol. The lowest BCUT2D eigenvalue weighted by Gasteiger charge is -2.10. The average Bonchev–Trinajstić information content (AvgIpc) is 2.27. The van der Waals surface area contributed by atoms with E-state index in [1.54, 1.807) is 0 Å². The fraction of sp³-hybridized carbons (Fsp3) is 0.857. The van der Waals surface area contributed by atoms with Crippen LogP contribution in [0.5, 0.6) is 0 Å². The number of ether oxygens (including phenoxy) is 1. The van der Waals surface area contributed by atoms with Crippen LogP contribution < -0.4 is 0 Å². The highest BCUT2D eigenvalue weighted by molar-refractivity contribution is 5.76. The fourth-order valence-electron chi connectivity index (χ4n) is 1.14. The molecule has 0 amide bonds. The van der Waals surface area contributed by atoms with Crippen molar-refractivity contribution in [2.45, 2.75) is 37.6 Å². The third-order valence-corrected chi connectivity index (χ3v) is 1.79. The monoisotopic (exact) mass is 198 g/mol. The van der Waals surface area contributed by atoms with Crippen molar-refractivity contribution in [3.05, 3.63) is 0 Å². The molecule has 1 aliphatic heterocycles. The Labute approximate surface area is 72.5 Å². The second-order valence-electron chi connectivity index (χ2n) is 2.96. The molecule has 3 nitrogen and oxygen atoms in total. The highest BCUT2D eigenvalue weighted by Crippen LogP contribution is 2.26. The molecule has 76 valence electrons. The van der Waals surface area contributed by atoms with E-state index in [-0.39, 0.29) is 12.8 Å². The van der Waals surface area contributed by atoms with Crippen LogP contribution in [-0.2, 0) is 9.53 Å². The molecule has 1 heterocycles. The van der Waals surface area contributed by atoms with Crippen molar-refractivity contribution in [3.63, 3.8) is 0 Å². The van der Waals surface area contributed by atoms with Crippen LogP contribution in [0, 0.1) is 0 Å². The molecule has 0 saturated carbocycles. The van der Waals surface area contributed by atoms with Gasteiger partial charge in [-0.15, -0.1) is 0 Å². The zero-order valence-corrected chi connectivity index (χ0v) is 6.67. The van der Waals surface area contributed by atoms with Crippen molar-refractivity contribution in [2.24, 2.45) is 0 Å². The minimum Gasteiger partial charge on any atom is -0.460 e. The number of aliphatic hydroxyl groups is 1. The summed E-state index contributed by atoms with van der Waals surface area (Å²) in [6, 6.07) is 0. The van der Waals surface area contributed by atoms with E-state index in [0.717, 1.165) is 0 Å². The SMILES string of the molecule is O=C1OC(CCC(F)(F)F)CC1O. The zero-order valence-electron chi connectivity index (χ0n) is 6.67. The van der Waals surface area contributed by atoms with E-state index in [2.05, 4.69) is 4.74 Å². The maximum atomic E-state index is 11.7. The Morgan fingerprint density at radius 2 is 2.15 bits per heavy atom. The Balaban J connectivity index is 2.29. The van der Waals surface area contributed by atoms with E-state index >= 15 is 0 Å². The Bertz CT molecular complexity index is 202. The molecule has 0 bridgehead atoms. The number of esters is 1. The van der Waals surface area contributed by atoms with Crippen LogP contribution in [-0.4, -0.2) is 29.5 Å². The maximum absolute atomic E-state index is 11.7. The molecule has 13 heavy (non-hydrogen) atoms. The summed E-state index contributed by atoms with van der Waals surface area (Å²) in [6.45, 7) is 0. The molecule has 2 unspecified atom stereocenters. The van der Waals surface area contributed by atoms with E-state index in [0.29, 0.717) is 0 Å². The molecule has 0 aromatic carbocycles. The molecule has 1 rings (SSSR count). The summed E-state index contributed by atoms with van der Waals surface area (Å²) < 4.78 is 39.6. The van der Waals surface area contributed by atoms with Gasteiger partial charge in [-0.3, -0.25) is 0 Å². The summed E-state index contributed by atoms with van der Waals surface area (Å²) in [5.74, 6) is -0.827. The van der Waals surface area contributed by atoms with E-state index in [1.807, 2.05) is 0 Å². The van der Waals surface area contributed by atoms with Gasteiger partial charge in [0, 0.05) is 12.8 Å². The normalized spacial score (nSPS) is 29.1. The lowest BCUT2D eigenvalue weighted by molar-refractivity contribution is -0.153. The van der Waals surface area contributed by atoms with Gasteiger partial charge in [-0.05, 0) is 6.42 Å². The predicted octanol–water partition coefficient (Wildman–Crippen LogP) is 1.01. The zero-order chi connectivity index (χ0) is 10.1. The van der Waals surface area contributed by atoms with Gasteiger partial charge in [0.15, 0.2) is 6.10 Å². The van der Waals surface area contributed by atoms with Crippen molar-refractivity contribution in [3.8, 4) is 0 Å². The highest BCUT2D eigenvalue weighted by Gasteiger charge is 2.36. The molecular formula is C7H9F3O3. The van der Waals surface area contributed by atoms with E-state index < -0.39 is 30.8 Å². The number of halogens is 3. The maximum Gasteiger partial charge on any atom is 0.389 e. The van der Waals surface area contributed by atoms with Crippen LogP contribution in [0.2, 0.25) is 0 Å². The average molecular weight is 198 g/mol. The fourth-order valence-corrected chi connectivity index (χ4v) is 1.14. The number of hydrogen-bond donors (Lipinski definition) is 1. The number of hydrogen-bond acceptors (Lipinski definition) is 3. The number of cyclic esters (lactones) is 1. The molecule has 2 atom stereocenters. The number of aliphatic hydroxyl groups excluding tert-OH is 1. The van der Waals surface area contributed by atoms with E-state index in [4.69, 9.17) is 5.11 Å². The topological polar surface area (TPSA) is 46.5 Å². The third-order valence-electron chi connectivity index (χ3n) is 1.79. The van der Waals surface area contributed by atoms with Crippen LogP contribution in [0.1, 0.15) is 19.3 Å². The van der Waals surface area contributed by atoms with Crippen molar-refractivity contribution in [2.75, 3.05) is 0 Å². The van der Waals surface area contributed by atoms with Gasteiger partial charge in [0.25, 0.3) is 0 Å². The molecule has 1 saturated heterocycles. The van der Waals surface area contributed by atoms with Crippen molar-refractivity contribution in [1.82, 2.24) is 0 Å². The van der Waals surface area contributed by atoms with Gasteiger partial charge < -0.3 is 9.84 Å². The minimum atomic E-state index is -4.24. The number of alkyl halides is 3. The first kappa shape index (κ1) is 10.3. The first-order valence-electron chi connectivity index (χ1n) is 3.84. The summed E-state index contributed by atoms with van der Waals surface area (Å²) in [5, 5.41) is 8.84. The second kappa shape index (κ2) is 3.53. The largest absolute Gasteiger partial charge is 0.460 e. The van der Waals surface area contributed by atoms with E-state index in [1.165, 1.54) is 0 Å². The van der Waals surface area contributed by atoms with Crippen LogP contribution >= 0.6 is 0 Å². The van der Waals surface area contributed by atoms with Gasteiger partial charge in [0.05, 0.1) is 0 Å². The Morgan fingerprint density at radius 1 is 1.54 bits per heavy atom. The van der Waals surface area contributed by atoms with Gasteiger partial charge in [0.1, 0.15) is 6.10 Å². The standard InChI is InChI=1S/C7H9F3O3/c8-7(9,10)2-1-4-3-5(11)6(12)13-4/h4-5,11H,1-3H2. The van der Waals surface area contributed by atoms with Crippen LogP contribution in [0.4, 0.5) is 13.2 Å². The number of carbonyl (C=O) groups is 1. The van der Waals surface area contributed by atoms with Gasteiger partial charge in [-0.1, -0.05) is 0 Å². The van der Waals surface area contributed by atoms with Crippen LogP contribution in [0.15, 0.2) is 0 Å². The first-order chi connectivity index (χ1) is 5.88. The van der Waals surface area contributed by atoms with Crippen LogP contribution in [0.25, 0.3) is 0 Å². The van der Waals surface area contributed by atoms with Gasteiger partial charge in [0.2, 0.25) is 0 Å². The van der Waals surface area contributed by atoms with Gasteiger partial charge in [-0.25, -0.2) is 4.79 Å². The molecule has 6 heteroatoms. The minimum absolute atomic E-state index is 0.0328. The summed E-state index contributed by atoms with van der Waals surface area (Å²) >= 11 is 0. The lowest BCUT2D eigenvalue weighted by atomic mass is 10.1. The van der Waals surface area contributed by atoms with Crippen molar-refractivity contribution < 1.29 is 27.8 Å². The Hall–Kier alpha value is -0.780. The molecule has 0 radical (unpaired) electrons. The van der Waals surface area contributed by atoms with Crippen molar-refractivity contribution in [1.29, 1.82) is 0 Å². The molecule has 1 N–H and O–H groups in total. The summed E-state index contributed by atoms with van der Waals surface area (Å²) in [7, 11) is 0. The number of rotatable bonds is 2. The molecule has 0 spiro atoms. The third kappa shape index (κ3) is 3.22. The molecule has 1 fully saturated rings. The Kier molecular flexibility index (Phi) is 2.80. The van der Waals surface area contributed by atoms with E-state index in [9.17, 15) is 18.0 Å². The summed E-state index contributed by atoms with van der Waals surface area (Å²) in [6.07, 6.45) is -7.57. The first-order valence-corrected chi connectivity index (χ1v) is 3.84. The lowest BCUT2D eigenvalue weighted by Crippen LogP contribution is -2.14.